The normalized spacial score (nSPS) is 17.2. The molecule has 1 saturated heterocycles. The molecule has 3 rings (SSSR count). The van der Waals surface area contributed by atoms with Crippen LogP contribution in [0, 0.1) is 11.6 Å². The number of hydrogen-bond donors (Lipinski definition) is 1. The van der Waals surface area contributed by atoms with Crippen LogP contribution in [0.2, 0.25) is 0 Å². The van der Waals surface area contributed by atoms with Gasteiger partial charge < -0.3 is 9.88 Å². The van der Waals surface area contributed by atoms with Crippen molar-refractivity contribution in [1.82, 2.24) is 14.9 Å². The zero-order chi connectivity index (χ0) is 14.3. The van der Waals surface area contributed by atoms with Gasteiger partial charge >= 0.3 is 0 Å². The number of imidazole rings is 1. The molecule has 0 radical (unpaired) electrons. The number of rotatable bonds is 2. The second-order valence-corrected chi connectivity index (χ2v) is 5.73. The molecule has 3 nitrogen and oxygen atoms in total. The van der Waals surface area contributed by atoms with E-state index in [9.17, 15) is 8.78 Å². The first kappa shape index (κ1) is 13.5. The fourth-order valence-corrected chi connectivity index (χ4v) is 2.96. The van der Waals surface area contributed by atoms with Crippen molar-refractivity contribution in [3.63, 3.8) is 0 Å². The van der Waals surface area contributed by atoms with E-state index in [1.807, 2.05) is 0 Å². The Morgan fingerprint density at radius 3 is 2.50 bits per heavy atom. The Morgan fingerprint density at radius 2 is 1.85 bits per heavy atom. The molecule has 20 heavy (non-hydrogen) atoms. The van der Waals surface area contributed by atoms with Crippen LogP contribution in [0.4, 0.5) is 8.78 Å². The Balaban J connectivity index is 2.20. The van der Waals surface area contributed by atoms with E-state index in [-0.39, 0.29) is 5.92 Å². The molecule has 0 unspecified atom stereocenters. The predicted octanol–water partition coefficient (Wildman–Crippen LogP) is 3.36. The maximum absolute atomic E-state index is 13.6. The minimum absolute atomic E-state index is 0.225. The van der Waals surface area contributed by atoms with Crippen LogP contribution in [0.5, 0.6) is 0 Å². The highest BCUT2D eigenvalue weighted by Crippen LogP contribution is 2.31. The fraction of sp³-hybridized carbons (Fsp3) is 0.533. The summed E-state index contributed by atoms with van der Waals surface area (Å²) >= 11 is 0. The molecule has 1 aliphatic heterocycles. The molecule has 2 heterocycles. The van der Waals surface area contributed by atoms with Gasteiger partial charge in [0.05, 0.1) is 11.0 Å². The predicted molar refractivity (Wildman–Crippen MR) is 74.9 cm³/mol. The third-order valence-electron chi connectivity index (χ3n) is 3.95. The fourth-order valence-electron chi connectivity index (χ4n) is 2.96. The van der Waals surface area contributed by atoms with Crippen LogP contribution in [0.25, 0.3) is 11.0 Å². The van der Waals surface area contributed by atoms with Crippen molar-refractivity contribution in [3.05, 3.63) is 29.6 Å². The van der Waals surface area contributed by atoms with Crippen LogP contribution in [0.3, 0.4) is 0 Å². The molecule has 1 N–H and O–H groups in total. The lowest BCUT2D eigenvalue weighted by molar-refractivity contribution is 0.363. The Kier molecular flexibility index (Phi) is 3.46. The van der Waals surface area contributed by atoms with E-state index in [1.165, 1.54) is 12.1 Å². The summed E-state index contributed by atoms with van der Waals surface area (Å²) in [6.07, 6.45) is 1.98. The van der Waals surface area contributed by atoms with Crippen molar-refractivity contribution >= 4 is 11.0 Å². The van der Waals surface area contributed by atoms with Gasteiger partial charge in [0.1, 0.15) is 5.82 Å². The molecular formula is C15H19F2N3. The molecule has 1 aromatic carbocycles. The van der Waals surface area contributed by atoms with Crippen LogP contribution < -0.4 is 5.32 Å². The summed E-state index contributed by atoms with van der Waals surface area (Å²) < 4.78 is 29.1. The highest BCUT2D eigenvalue weighted by atomic mass is 19.2. The molecule has 0 saturated carbocycles. The minimum Gasteiger partial charge on any atom is -0.324 e. The van der Waals surface area contributed by atoms with E-state index in [0.717, 1.165) is 31.8 Å². The van der Waals surface area contributed by atoms with Crippen LogP contribution in [0.1, 0.15) is 44.5 Å². The van der Waals surface area contributed by atoms with Gasteiger partial charge in [0, 0.05) is 24.1 Å². The Hall–Kier alpha value is -1.49. The molecule has 2 aromatic rings. The van der Waals surface area contributed by atoms with E-state index < -0.39 is 11.6 Å². The molecule has 1 fully saturated rings. The average molecular weight is 279 g/mol. The van der Waals surface area contributed by atoms with E-state index in [0.29, 0.717) is 17.1 Å². The van der Waals surface area contributed by atoms with Gasteiger partial charge in [0.2, 0.25) is 0 Å². The first-order chi connectivity index (χ1) is 9.58. The van der Waals surface area contributed by atoms with Gasteiger partial charge in [-0.3, -0.25) is 0 Å². The van der Waals surface area contributed by atoms with Gasteiger partial charge in [-0.2, -0.15) is 0 Å². The third kappa shape index (κ3) is 2.20. The van der Waals surface area contributed by atoms with Gasteiger partial charge in [-0.1, -0.05) is 13.8 Å². The summed E-state index contributed by atoms with van der Waals surface area (Å²) in [5.74, 6) is -0.494. The Labute approximate surface area is 117 Å². The zero-order valence-electron chi connectivity index (χ0n) is 11.8. The van der Waals surface area contributed by atoms with Gasteiger partial charge in [-0.25, -0.2) is 13.8 Å². The molecule has 0 aliphatic carbocycles. The maximum Gasteiger partial charge on any atom is 0.161 e. The quantitative estimate of drug-likeness (QED) is 0.913. The smallest absolute Gasteiger partial charge is 0.161 e. The van der Waals surface area contributed by atoms with Crippen molar-refractivity contribution in [2.24, 2.45) is 0 Å². The van der Waals surface area contributed by atoms with Gasteiger partial charge in [0.25, 0.3) is 0 Å². The Morgan fingerprint density at radius 1 is 1.20 bits per heavy atom. The molecule has 0 amide bonds. The van der Waals surface area contributed by atoms with E-state index >= 15 is 0 Å². The average Bonchev–Trinajstić information content (AvgIpc) is 2.79. The van der Waals surface area contributed by atoms with Gasteiger partial charge in [-0.15, -0.1) is 0 Å². The van der Waals surface area contributed by atoms with Crippen molar-refractivity contribution in [1.29, 1.82) is 0 Å². The summed E-state index contributed by atoms with van der Waals surface area (Å²) in [7, 11) is 0. The topological polar surface area (TPSA) is 29.9 Å². The van der Waals surface area contributed by atoms with Crippen LogP contribution >= 0.6 is 0 Å². The van der Waals surface area contributed by atoms with Crippen molar-refractivity contribution in [3.8, 4) is 0 Å². The summed E-state index contributed by atoms with van der Waals surface area (Å²) in [4.78, 5) is 4.53. The lowest BCUT2D eigenvalue weighted by atomic mass is 10.0. The van der Waals surface area contributed by atoms with Crippen molar-refractivity contribution in [2.75, 3.05) is 13.1 Å². The van der Waals surface area contributed by atoms with Crippen LogP contribution in [0.15, 0.2) is 12.1 Å². The molecule has 1 aromatic heterocycles. The summed E-state index contributed by atoms with van der Waals surface area (Å²) in [6.45, 7) is 6.02. The highest BCUT2D eigenvalue weighted by molar-refractivity contribution is 5.76. The molecule has 108 valence electrons. The first-order valence-corrected chi connectivity index (χ1v) is 7.15. The van der Waals surface area contributed by atoms with E-state index in [1.54, 1.807) is 0 Å². The summed E-state index contributed by atoms with van der Waals surface area (Å²) in [5.41, 5.74) is 1.26. The molecule has 0 atom stereocenters. The monoisotopic (exact) mass is 279 g/mol. The highest BCUT2D eigenvalue weighted by Gasteiger charge is 2.23. The number of piperidine rings is 1. The third-order valence-corrected chi connectivity index (χ3v) is 3.95. The number of benzene rings is 1. The van der Waals surface area contributed by atoms with Crippen molar-refractivity contribution in [2.45, 2.75) is 38.6 Å². The van der Waals surface area contributed by atoms with Crippen molar-refractivity contribution < 1.29 is 8.78 Å². The largest absolute Gasteiger partial charge is 0.324 e. The number of aromatic nitrogens is 2. The molecule has 5 heteroatoms. The van der Waals surface area contributed by atoms with E-state index in [2.05, 4.69) is 28.7 Å². The lowest BCUT2D eigenvalue weighted by Crippen LogP contribution is -2.30. The molecule has 0 bridgehead atoms. The molecular weight excluding hydrogens is 260 g/mol. The summed E-state index contributed by atoms with van der Waals surface area (Å²) in [6, 6.07) is 2.79. The van der Waals surface area contributed by atoms with E-state index in [4.69, 9.17) is 0 Å². The Bertz CT molecular complexity index is 628. The number of hydrogen-bond acceptors (Lipinski definition) is 2. The minimum atomic E-state index is -0.831. The summed E-state index contributed by atoms with van der Waals surface area (Å²) in [5, 5.41) is 3.33. The first-order valence-electron chi connectivity index (χ1n) is 7.15. The van der Waals surface area contributed by atoms with Crippen LogP contribution in [-0.2, 0) is 0 Å². The number of halogens is 2. The number of nitrogens with zero attached hydrogens (tertiary/aromatic N) is 2. The SMILES string of the molecule is CC(C)c1nc2cc(F)c(F)cc2n1C1CCNCC1. The number of fused-ring (bicyclic) bond motifs is 1. The van der Waals surface area contributed by atoms with Gasteiger partial charge in [0.15, 0.2) is 11.6 Å². The standard InChI is InChI=1S/C15H19F2N3/c1-9(2)15-19-13-7-11(16)12(17)8-14(13)20(15)10-3-5-18-6-4-10/h7-10,18H,3-6H2,1-2H3. The maximum atomic E-state index is 13.6. The second-order valence-electron chi connectivity index (χ2n) is 5.73. The van der Waals surface area contributed by atoms with Crippen LogP contribution in [-0.4, -0.2) is 22.6 Å². The zero-order valence-corrected chi connectivity index (χ0v) is 11.8. The van der Waals surface area contributed by atoms with Gasteiger partial charge in [-0.05, 0) is 25.9 Å². The molecule has 1 aliphatic rings. The molecule has 0 spiro atoms. The number of nitrogens with one attached hydrogen (secondary N) is 1. The second kappa shape index (κ2) is 5.13. The lowest BCUT2D eigenvalue weighted by Gasteiger charge is -2.27.